The van der Waals surface area contributed by atoms with Gasteiger partial charge in [0.1, 0.15) is 0 Å². The van der Waals surface area contributed by atoms with Crippen LogP contribution < -0.4 is 0 Å². The Labute approximate surface area is 79.8 Å². The zero-order valence-electron chi connectivity index (χ0n) is 8.49. The molecule has 0 amide bonds. The molecule has 0 aromatic heterocycles. The van der Waals surface area contributed by atoms with Crippen LogP contribution in [0.4, 0.5) is 0 Å². The van der Waals surface area contributed by atoms with Crippen molar-refractivity contribution in [2.24, 2.45) is 5.92 Å². The van der Waals surface area contributed by atoms with Crippen LogP contribution in [0.2, 0.25) is 0 Å². The Morgan fingerprint density at radius 1 is 1.23 bits per heavy atom. The first kappa shape index (κ1) is 12.4. The third-order valence-corrected chi connectivity index (χ3v) is 1.98. The molecule has 3 nitrogen and oxygen atoms in total. The van der Waals surface area contributed by atoms with Crippen LogP contribution >= 0.6 is 0 Å². The van der Waals surface area contributed by atoms with Crippen molar-refractivity contribution in [3.05, 3.63) is 0 Å². The average molecular weight is 188 g/mol. The van der Waals surface area contributed by atoms with Gasteiger partial charge in [-0.3, -0.25) is 4.79 Å². The molecule has 0 radical (unpaired) electrons. The highest BCUT2D eigenvalue weighted by atomic mass is 16.4. The van der Waals surface area contributed by atoms with Gasteiger partial charge >= 0.3 is 5.97 Å². The van der Waals surface area contributed by atoms with Gasteiger partial charge in [-0.2, -0.15) is 0 Å². The van der Waals surface area contributed by atoms with E-state index in [2.05, 4.69) is 13.8 Å². The van der Waals surface area contributed by atoms with Crippen molar-refractivity contribution in [1.29, 1.82) is 0 Å². The molecule has 0 aliphatic heterocycles. The van der Waals surface area contributed by atoms with Gasteiger partial charge in [-0.25, -0.2) is 0 Å². The highest BCUT2D eigenvalue weighted by molar-refractivity contribution is 5.67. The fraction of sp³-hybridized carbons (Fsp3) is 0.900. The number of carboxylic acid groups (broad SMARTS) is 1. The van der Waals surface area contributed by atoms with E-state index in [1.165, 1.54) is 0 Å². The van der Waals surface area contributed by atoms with Gasteiger partial charge < -0.3 is 10.2 Å². The highest BCUT2D eigenvalue weighted by Gasteiger charge is 2.08. The summed E-state index contributed by atoms with van der Waals surface area (Å²) in [6.07, 6.45) is 2.98. The fourth-order valence-corrected chi connectivity index (χ4v) is 1.24. The molecule has 0 rings (SSSR count). The molecule has 0 aliphatic rings. The molecule has 2 N–H and O–H groups in total. The molecular weight excluding hydrogens is 168 g/mol. The van der Waals surface area contributed by atoms with E-state index in [1.54, 1.807) is 0 Å². The smallest absolute Gasteiger partial charge is 0.305 e. The van der Waals surface area contributed by atoms with Gasteiger partial charge in [-0.15, -0.1) is 0 Å². The molecule has 0 bridgehead atoms. The number of carbonyl (C=O) groups is 1. The molecule has 0 spiro atoms. The van der Waals surface area contributed by atoms with E-state index in [0.29, 0.717) is 12.3 Å². The quantitative estimate of drug-likeness (QED) is 0.601. The third-order valence-electron chi connectivity index (χ3n) is 1.98. The first-order valence-electron chi connectivity index (χ1n) is 4.92. The normalized spacial score (nSPS) is 13.2. The van der Waals surface area contributed by atoms with Gasteiger partial charge in [0, 0.05) is 0 Å². The SMILES string of the molecule is CC(C)CCCC[C@@H](O)CC(=O)O. The second-order valence-corrected chi connectivity index (χ2v) is 3.93. The van der Waals surface area contributed by atoms with Crippen LogP contribution in [0, 0.1) is 5.92 Å². The minimum atomic E-state index is -0.920. The van der Waals surface area contributed by atoms with Crippen molar-refractivity contribution in [1.82, 2.24) is 0 Å². The van der Waals surface area contributed by atoms with Crippen LogP contribution in [0.1, 0.15) is 46.0 Å². The number of aliphatic hydroxyl groups excluding tert-OH is 1. The van der Waals surface area contributed by atoms with Gasteiger partial charge in [0.15, 0.2) is 0 Å². The van der Waals surface area contributed by atoms with E-state index in [0.717, 1.165) is 19.3 Å². The lowest BCUT2D eigenvalue weighted by Gasteiger charge is -2.08. The van der Waals surface area contributed by atoms with E-state index >= 15 is 0 Å². The lowest BCUT2D eigenvalue weighted by atomic mass is 10.0. The molecule has 78 valence electrons. The summed E-state index contributed by atoms with van der Waals surface area (Å²) in [6.45, 7) is 4.32. The van der Waals surface area contributed by atoms with Crippen LogP contribution in [-0.4, -0.2) is 22.3 Å². The molecule has 0 aromatic carbocycles. The van der Waals surface area contributed by atoms with Crippen molar-refractivity contribution in [3.63, 3.8) is 0 Å². The molecule has 0 aromatic rings. The van der Waals surface area contributed by atoms with Gasteiger partial charge in [0.05, 0.1) is 12.5 Å². The van der Waals surface area contributed by atoms with E-state index in [1.807, 2.05) is 0 Å². The molecule has 3 heteroatoms. The van der Waals surface area contributed by atoms with Crippen molar-refractivity contribution >= 4 is 5.97 Å². The van der Waals surface area contributed by atoms with Gasteiger partial charge in [0.2, 0.25) is 0 Å². The fourth-order valence-electron chi connectivity index (χ4n) is 1.24. The number of aliphatic hydroxyl groups is 1. The summed E-state index contributed by atoms with van der Waals surface area (Å²) in [7, 11) is 0. The Morgan fingerprint density at radius 2 is 1.77 bits per heavy atom. The maximum atomic E-state index is 10.2. The number of aliphatic carboxylic acids is 1. The minimum Gasteiger partial charge on any atom is -0.481 e. The second kappa shape index (κ2) is 6.89. The molecule has 13 heavy (non-hydrogen) atoms. The molecule has 1 atom stereocenters. The number of rotatable bonds is 7. The Kier molecular flexibility index (Phi) is 6.59. The second-order valence-electron chi connectivity index (χ2n) is 3.93. The van der Waals surface area contributed by atoms with E-state index in [9.17, 15) is 9.90 Å². The van der Waals surface area contributed by atoms with Crippen molar-refractivity contribution in [2.45, 2.75) is 52.1 Å². The van der Waals surface area contributed by atoms with Crippen molar-refractivity contribution in [2.75, 3.05) is 0 Å². The van der Waals surface area contributed by atoms with Crippen LogP contribution in [0.25, 0.3) is 0 Å². The monoisotopic (exact) mass is 188 g/mol. The summed E-state index contributed by atoms with van der Waals surface area (Å²) in [5.74, 6) is -0.229. The van der Waals surface area contributed by atoms with Gasteiger partial charge in [-0.05, 0) is 12.3 Å². The van der Waals surface area contributed by atoms with Crippen LogP contribution in [0.3, 0.4) is 0 Å². The molecule has 0 saturated heterocycles. The number of unbranched alkanes of at least 4 members (excludes halogenated alkanes) is 1. The number of carboxylic acids is 1. The molecule has 0 aliphatic carbocycles. The average Bonchev–Trinajstić information content (AvgIpc) is 1.96. The lowest BCUT2D eigenvalue weighted by Crippen LogP contribution is -2.12. The Morgan fingerprint density at radius 3 is 2.23 bits per heavy atom. The molecular formula is C10H20O3. The van der Waals surface area contributed by atoms with Crippen LogP contribution in [-0.2, 0) is 4.79 Å². The predicted molar refractivity (Wildman–Crippen MR) is 51.6 cm³/mol. The maximum Gasteiger partial charge on any atom is 0.305 e. The summed E-state index contributed by atoms with van der Waals surface area (Å²) in [6, 6.07) is 0. The summed E-state index contributed by atoms with van der Waals surface area (Å²) < 4.78 is 0. The first-order valence-corrected chi connectivity index (χ1v) is 4.92. The largest absolute Gasteiger partial charge is 0.481 e. The standard InChI is InChI=1S/C10H20O3/c1-8(2)5-3-4-6-9(11)7-10(12)13/h8-9,11H,3-7H2,1-2H3,(H,12,13)/t9-/m1/s1. The zero-order valence-corrected chi connectivity index (χ0v) is 8.49. The molecule has 0 fully saturated rings. The highest BCUT2D eigenvalue weighted by Crippen LogP contribution is 2.10. The van der Waals surface area contributed by atoms with E-state index < -0.39 is 12.1 Å². The van der Waals surface area contributed by atoms with Gasteiger partial charge in [0.25, 0.3) is 0 Å². The third kappa shape index (κ3) is 9.34. The van der Waals surface area contributed by atoms with E-state index in [4.69, 9.17) is 5.11 Å². The lowest BCUT2D eigenvalue weighted by molar-refractivity contribution is -0.139. The summed E-state index contributed by atoms with van der Waals surface area (Å²) in [5.41, 5.74) is 0. The first-order chi connectivity index (χ1) is 6.02. The van der Waals surface area contributed by atoms with Crippen molar-refractivity contribution in [3.8, 4) is 0 Å². The molecule has 0 heterocycles. The topological polar surface area (TPSA) is 57.5 Å². The Bertz CT molecular complexity index is 143. The molecule has 0 saturated carbocycles. The Hall–Kier alpha value is -0.570. The van der Waals surface area contributed by atoms with Gasteiger partial charge in [-0.1, -0.05) is 33.1 Å². The predicted octanol–water partition coefficient (Wildman–Crippen LogP) is 2.04. The minimum absolute atomic E-state index is 0.123. The summed E-state index contributed by atoms with van der Waals surface area (Å²) in [5, 5.41) is 17.6. The van der Waals surface area contributed by atoms with E-state index in [-0.39, 0.29) is 6.42 Å². The summed E-state index contributed by atoms with van der Waals surface area (Å²) >= 11 is 0. The van der Waals surface area contributed by atoms with Crippen LogP contribution in [0.15, 0.2) is 0 Å². The van der Waals surface area contributed by atoms with Crippen molar-refractivity contribution < 1.29 is 15.0 Å². The zero-order chi connectivity index (χ0) is 10.3. The number of hydrogen-bond donors (Lipinski definition) is 2. The number of hydrogen-bond acceptors (Lipinski definition) is 2. The summed E-state index contributed by atoms with van der Waals surface area (Å²) in [4.78, 5) is 10.2. The Balaban J connectivity index is 3.26. The maximum absolute atomic E-state index is 10.2. The molecule has 0 unspecified atom stereocenters. The van der Waals surface area contributed by atoms with Crippen LogP contribution in [0.5, 0.6) is 0 Å².